The zero-order valence-electron chi connectivity index (χ0n) is 16.2. The molecular weight excluding hydrogens is 346 g/mol. The van der Waals surface area contributed by atoms with E-state index in [9.17, 15) is 14.4 Å². The second-order valence-corrected chi connectivity index (χ2v) is 8.45. The van der Waals surface area contributed by atoms with Gasteiger partial charge in [0, 0.05) is 32.7 Å². The monoisotopic (exact) mass is 377 g/mol. The van der Waals surface area contributed by atoms with Crippen molar-refractivity contribution in [3.63, 3.8) is 0 Å². The van der Waals surface area contributed by atoms with E-state index in [1.807, 2.05) is 4.90 Å². The number of fused-ring (bicyclic) bond motifs is 1. The number of imide groups is 1. The third-order valence-corrected chi connectivity index (χ3v) is 6.83. The molecular formula is C19H31N5O3. The van der Waals surface area contributed by atoms with E-state index in [1.54, 1.807) is 7.05 Å². The van der Waals surface area contributed by atoms with E-state index in [4.69, 9.17) is 0 Å². The van der Waals surface area contributed by atoms with Gasteiger partial charge >= 0.3 is 6.03 Å². The van der Waals surface area contributed by atoms with Gasteiger partial charge in [0.05, 0.1) is 18.0 Å². The number of hydrogen-bond donors (Lipinski definition) is 2. The van der Waals surface area contributed by atoms with Crippen LogP contribution >= 0.6 is 0 Å². The summed E-state index contributed by atoms with van der Waals surface area (Å²) in [5, 5.41) is 5.64. The minimum Gasteiger partial charge on any atom is -0.342 e. The normalized spacial score (nSPS) is 33.6. The Morgan fingerprint density at radius 1 is 1.04 bits per heavy atom. The Bertz CT molecular complexity index is 598. The fourth-order valence-electron chi connectivity index (χ4n) is 5.18. The second-order valence-electron chi connectivity index (χ2n) is 8.45. The molecule has 8 heteroatoms. The summed E-state index contributed by atoms with van der Waals surface area (Å²) in [6.45, 7) is 4.56. The Hall–Kier alpha value is -1.67. The first-order valence-electron chi connectivity index (χ1n) is 10.4. The third kappa shape index (κ3) is 3.69. The highest BCUT2D eigenvalue weighted by Crippen LogP contribution is 2.28. The van der Waals surface area contributed by atoms with Gasteiger partial charge in [-0.1, -0.05) is 6.42 Å². The average Bonchev–Trinajstić information content (AvgIpc) is 2.72. The topological polar surface area (TPSA) is 85.0 Å². The van der Waals surface area contributed by atoms with E-state index in [2.05, 4.69) is 15.5 Å². The van der Waals surface area contributed by atoms with Crippen LogP contribution in [0.2, 0.25) is 0 Å². The van der Waals surface area contributed by atoms with Crippen molar-refractivity contribution in [2.75, 3.05) is 39.8 Å². The number of nitrogens with zero attached hydrogens (tertiary/aromatic N) is 3. The molecule has 0 aromatic carbocycles. The molecule has 4 amide bonds. The quantitative estimate of drug-likeness (QED) is 0.718. The molecule has 150 valence electrons. The highest BCUT2D eigenvalue weighted by Gasteiger charge is 2.45. The molecule has 3 atom stereocenters. The smallest absolute Gasteiger partial charge is 0.325 e. The van der Waals surface area contributed by atoms with Crippen molar-refractivity contribution < 1.29 is 14.4 Å². The van der Waals surface area contributed by atoms with Gasteiger partial charge in [0.25, 0.3) is 0 Å². The Balaban J connectivity index is 1.31. The first-order chi connectivity index (χ1) is 13.0. The molecule has 3 unspecified atom stereocenters. The van der Waals surface area contributed by atoms with E-state index in [-0.39, 0.29) is 35.8 Å². The number of carbonyl (C=O) groups is 3. The SMILES string of the molecule is CN1C(=O)NC(=O)C2CC(C(=O)N3CCC(N4CCCCC4)CC3)CNC21. The molecule has 4 aliphatic heterocycles. The van der Waals surface area contributed by atoms with Crippen molar-refractivity contribution in [1.82, 2.24) is 25.3 Å². The first kappa shape index (κ1) is 18.7. The Kier molecular flexibility index (Phi) is 5.36. The van der Waals surface area contributed by atoms with E-state index in [1.165, 1.54) is 37.3 Å². The summed E-state index contributed by atoms with van der Waals surface area (Å²) in [5.41, 5.74) is 0. The Labute approximate surface area is 160 Å². The van der Waals surface area contributed by atoms with E-state index < -0.39 is 0 Å². The van der Waals surface area contributed by atoms with Gasteiger partial charge in [-0.15, -0.1) is 0 Å². The molecule has 0 saturated carbocycles. The van der Waals surface area contributed by atoms with Crippen molar-refractivity contribution in [2.24, 2.45) is 11.8 Å². The van der Waals surface area contributed by atoms with Crippen LogP contribution in [0.15, 0.2) is 0 Å². The van der Waals surface area contributed by atoms with Crippen LogP contribution in [0.25, 0.3) is 0 Å². The number of carbonyl (C=O) groups excluding carboxylic acids is 3. The molecule has 8 nitrogen and oxygen atoms in total. The Morgan fingerprint density at radius 2 is 1.74 bits per heavy atom. The predicted molar refractivity (Wildman–Crippen MR) is 99.7 cm³/mol. The molecule has 0 bridgehead atoms. The number of likely N-dealkylation sites (tertiary alicyclic amines) is 2. The number of nitrogens with one attached hydrogen (secondary N) is 2. The van der Waals surface area contributed by atoms with Crippen LogP contribution in [0, 0.1) is 11.8 Å². The summed E-state index contributed by atoms with van der Waals surface area (Å²) in [6, 6.07) is 0.241. The molecule has 0 spiro atoms. The zero-order valence-corrected chi connectivity index (χ0v) is 16.2. The molecule has 4 aliphatic rings. The highest BCUT2D eigenvalue weighted by molar-refractivity contribution is 5.98. The van der Waals surface area contributed by atoms with Crippen molar-refractivity contribution in [2.45, 2.75) is 50.7 Å². The summed E-state index contributed by atoms with van der Waals surface area (Å²) < 4.78 is 0. The number of hydrogen-bond acceptors (Lipinski definition) is 5. The Morgan fingerprint density at radius 3 is 2.44 bits per heavy atom. The number of urea groups is 1. The van der Waals surface area contributed by atoms with Crippen LogP contribution in [-0.4, -0.2) is 84.5 Å². The van der Waals surface area contributed by atoms with Gasteiger partial charge < -0.3 is 14.7 Å². The van der Waals surface area contributed by atoms with E-state index in [0.29, 0.717) is 19.0 Å². The molecule has 4 rings (SSSR count). The van der Waals surface area contributed by atoms with Crippen LogP contribution in [-0.2, 0) is 9.59 Å². The maximum atomic E-state index is 13.0. The molecule has 0 aliphatic carbocycles. The lowest BCUT2D eigenvalue weighted by molar-refractivity contribution is -0.141. The largest absolute Gasteiger partial charge is 0.342 e. The molecule has 0 aromatic heterocycles. The number of amides is 4. The lowest BCUT2D eigenvalue weighted by atomic mass is 9.84. The van der Waals surface area contributed by atoms with Crippen LogP contribution in [0.1, 0.15) is 38.5 Å². The summed E-state index contributed by atoms with van der Waals surface area (Å²) in [7, 11) is 1.68. The van der Waals surface area contributed by atoms with Crippen LogP contribution in [0.4, 0.5) is 4.79 Å². The predicted octanol–water partition coefficient (Wildman–Crippen LogP) is 0.197. The van der Waals surface area contributed by atoms with Gasteiger partial charge in [-0.3, -0.25) is 20.2 Å². The molecule has 2 N–H and O–H groups in total. The van der Waals surface area contributed by atoms with Gasteiger partial charge in [-0.05, 0) is 45.2 Å². The number of rotatable bonds is 2. The van der Waals surface area contributed by atoms with Crippen LogP contribution < -0.4 is 10.6 Å². The molecule has 4 saturated heterocycles. The van der Waals surface area contributed by atoms with Crippen molar-refractivity contribution >= 4 is 17.8 Å². The first-order valence-corrected chi connectivity index (χ1v) is 10.4. The highest BCUT2D eigenvalue weighted by atomic mass is 16.2. The summed E-state index contributed by atoms with van der Waals surface area (Å²) >= 11 is 0. The lowest BCUT2D eigenvalue weighted by Gasteiger charge is -2.45. The summed E-state index contributed by atoms with van der Waals surface area (Å²) in [6.07, 6.45) is 6.25. The van der Waals surface area contributed by atoms with Gasteiger partial charge in [-0.2, -0.15) is 0 Å². The van der Waals surface area contributed by atoms with E-state index >= 15 is 0 Å². The lowest BCUT2D eigenvalue weighted by Crippen LogP contribution is -2.67. The molecule has 0 radical (unpaired) electrons. The summed E-state index contributed by atoms with van der Waals surface area (Å²) in [5.74, 6) is -0.659. The molecule has 4 fully saturated rings. The zero-order chi connectivity index (χ0) is 19.0. The standard InChI is InChI=1S/C19H31N5O3/c1-22-16-15(17(25)21-19(22)27)11-13(12-20-16)18(26)24-9-5-14(6-10-24)23-7-3-2-4-8-23/h13-16,20H,2-12H2,1H3,(H,21,25,27). The molecule has 0 aromatic rings. The second kappa shape index (κ2) is 7.75. The maximum Gasteiger partial charge on any atom is 0.325 e. The van der Waals surface area contributed by atoms with Gasteiger partial charge in [-0.25, -0.2) is 4.79 Å². The van der Waals surface area contributed by atoms with Gasteiger partial charge in [0.2, 0.25) is 11.8 Å². The summed E-state index contributed by atoms with van der Waals surface area (Å²) in [4.78, 5) is 43.1. The number of piperidine rings is 3. The maximum absolute atomic E-state index is 13.0. The van der Waals surface area contributed by atoms with Gasteiger partial charge in [0.15, 0.2) is 0 Å². The molecule has 27 heavy (non-hydrogen) atoms. The van der Waals surface area contributed by atoms with Crippen molar-refractivity contribution in [3.05, 3.63) is 0 Å². The minimum atomic E-state index is -0.377. The fourth-order valence-corrected chi connectivity index (χ4v) is 5.18. The van der Waals surface area contributed by atoms with Gasteiger partial charge in [0.1, 0.15) is 0 Å². The van der Waals surface area contributed by atoms with E-state index in [0.717, 1.165) is 25.9 Å². The minimum absolute atomic E-state index is 0.158. The fraction of sp³-hybridized carbons (Fsp3) is 0.842. The van der Waals surface area contributed by atoms with Crippen LogP contribution in [0.3, 0.4) is 0 Å². The van der Waals surface area contributed by atoms with Crippen LogP contribution in [0.5, 0.6) is 0 Å². The molecule has 4 heterocycles. The third-order valence-electron chi connectivity index (χ3n) is 6.83. The van der Waals surface area contributed by atoms with Crippen molar-refractivity contribution in [1.29, 1.82) is 0 Å². The average molecular weight is 377 g/mol. The van der Waals surface area contributed by atoms with Crippen molar-refractivity contribution in [3.8, 4) is 0 Å².